The number of aryl methyl sites for hydroxylation is 2. The predicted molar refractivity (Wildman–Crippen MR) is 76.8 cm³/mol. The first kappa shape index (κ1) is 10.7. The summed E-state index contributed by atoms with van der Waals surface area (Å²) in [5, 5.41) is 2.72. The Hall–Kier alpha value is -2.15. The van der Waals surface area contributed by atoms with E-state index in [0.29, 0.717) is 0 Å². The lowest BCUT2D eigenvalue weighted by Crippen LogP contribution is -1.84. The number of benzene rings is 3. The molecule has 0 N–H and O–H groups in total. The lowest BCUT2D eigenvalue weighted by atomic mass is 9.97. The van der Waals surface area contributed by atoms with Gasteiger partial charge in [-0.1, -0.05) is 36.4 Å². The average Bonchev–Trinajstić information content (AvgIpc) is 2.85. The van der Waals surface area contributed by atoms with Crippen LogP contribution in [-0.2, 0) is 12.8 Å². The van der Waals surface area contributed by atoms with Gasteiger partial charge in [0.15, 0.2) is 0 Å². The molecule has 1 aliphatic rings. The smallest absolute Gasteiger partial charge is 0.123 e. The molecule has 3 aromatic rings. The second-order valence-electron chi connectivity index (χ2n) is 5.16. The molecule has 1 aliphatic carbocycles. The maximum absolute atomic E-state index is 13.0. The first-order valence-corrected chi connectivity index (χ1v) is 6.62. The second kappa shape index (κ2) is 3.92. The van der Waals surface area contributed by atoms with Crippen molar-refractivity contribution in [2.45, 2.75) is 12.8 Å². The van der Waals surface area contributed by atoms with Crippen molar-refractivity contribution in [3.8, 4) is 11.1 Å². The standard InChI is InChI=1S/C18H13F/c19-17-8-6-12(7-9-17)16-10-14-3-1-2-13-4-5-15(11-16)18(13)14/h1-3,6-11H,4-5H2. The third-order valence-electron chi connectivity index (χ3n) is 3.99. The second-order valence-corrected chi connectivity index (χ2v) is 5.16. The molecule has 0 spiro atoms. The molecule has 4 rings (SSSR count). The van der Waals surface area contributed by atoms with Crippen LogP contribution < -0.4 is 0 Å². The zero-order valence-corrected chi connectivity index (χ0v) is 10.5. The van der Waals surface area contributed by atoms with E-state index in [9.17, 15) is 4.39 Å². The van der Waals surface area contributed by atoms with Crippen molar-refractivity contribution in [1.29, 1.82) is 0 Å². The van der Waals surface area contributed by atoms with Crippen LogP contribution in [0.3, 0.4) is 0 Å². The van der Waals surface area contributed by atoms with E-state index in [4.69, 9.17) is 0 Å². The third-order valence-corrected chi connectivity index (χ3v) is 3.99. The summed E-state index contributed by atoms with van der Waals surface area (Å²) in [5.41, 5.74) is 5.14. The molecular formula is C18H13F. The van der Waals surface area contributed by atoms with Crippen molar-refractivity contribution in [2.24, 2.45) is 0 Å². The lowest BCUT2D eigenvalue weighted by Gasteiger charge is -2.07. The van der Waals surface area contributed by atoms with Crippen molar-refractivity contribution in [3.05, 3.63) is 71.5 Å². The SMILES string of the molecule is Fc1ccc(-c2cc3c4c(cccc4c2)CC3)cc1. The van der Waals surface area contributed by atoms with Crippen LogP contribution >= 0.6 is 0 Å². The molecule has 0 aromatic heterocycles. The predicted octanol–water partition coefficient (Wildman–Crippen LogP) is 4.74. The van der Waals surface area contributed by atoms with Crippen molar-refractivity contribution < 1.29 is 4.39 Å². The number of halogens is 1. The Kier molecular flexibility index (Phi) is 2.22. The summed E-state index contributed by atoms with van der Waals surface area (Å²) in [6.07, 6.45) is 2.25. The molecule has 0 aliphatic heterocycles. The maximum Gasteiger partial charge on any atom is 0.123 e. The molecular weight excluding hydrogens is 235 g/mol. The molecule has 0 nitrogen and oxygen atoms in total. The fourth-order valence-corrected chi connectivity index (χ4v) is 3.08. The Morgan fingerprint density at radius 2 is 1.53 bits per heavy atom. The normalized spacial score (nSPS) is 13.1. The molecule has 0 fully saturated rings. The zero-order valence-electron chi connectivity index (χ0n) is 10.5. The molecule has 0 amide bonds. The Morgan fingerprint density at radius 3 is 2.37 bits per heavy atom. The van der Waals surface area contributed by atoms with Gasteiger partial charge in [0.2, 0.25) is 0 Å². The summed E-state index contributed by atoms with van der Waals surface area (Å²) in [5.74, 6) is -0.184. The highest BCUT2D eigenvalue weighted by Gasteiger charge is 2.15. The quantitative estimate of drug-likeness (QED) is 0.583. The van der Waals surface area contributed by atoms with E-state index < -0.39 is 0 Å². The van der Waals surface area contributed by atoms with Crippen LogP contribution in [0.1, 0.15) is 11.1 Å². The Morgan fingerprint density at radius 1 is 0.737 bits per heavy atom. The van der Waals surface area contributed by atoms with Crippen molar-refractivity contribution in [3.63, 3.8) is 0 Å². The molecule has 0 bridgehead atoms. The van der Waals surface area contributed by atoms with Gasteiger partial charge in [0.1, 0.15) is 5.82 Å². The molecule has 92 valence electrons. The van der Waals surface area contributed by atoms with E-state index in [1.54, 1.807) is 0 Å². The monoisotopic (exact) mass is 248 g/mol. The third kappa shape index (κ3) is 1.66. The molecule has 0 atom stereocenters. The van der Waals surface area contributed by atoms with Gasteiger partial charge in [0.25, 0.3) is 0 Å². The van der Waals surface area contributed by atoms with Crippen LogP contribution in [0.15, 0.2) is 54.6 Å². The minimum Gasteiger partial charge on any atom is -0.207 e. The van der Waals surface area contributed by atoms with Crippen molar-refractivity contribution in [1.82, 2.24) is 0 Å². The van der Waals surface area contributed by atoms with E-state index in [-0.39, 0.29) is 5.82 Å². The maximum atomic E-state index is 13.0. The first-order valence-electron chi connectivity index (χ1n) is 6.62. The highest BCUT2D eigenvalue weighted by Crippen LogP contribution is 2.34. The van der Waals surface area contributed by atoms with E-state index in [0.717, 1.165) is 18.4 Å². The highest BCUT2D eigenvalue weighted by molar-refractivity contribution is 5.94. The summed E-state index contributed by atoms with van der Waals surface area (Å²) in [6.45, 7) is 0. The summed E-state index contributed by atoms with van der Waals surface area (Å²) >= 11 is 0. The molecule has 0 saturated carbocycles. The summed E-state index contributed by atoms with van der Waals surface area (Å²) in [4.78, 5) is 0. The molecule has 3 aromatic carbocycles. The summed E-state index contributed by atoms with van der Waals surface area (Å²) in [7, 11) is 0. The highest BCUT2D eigenvalue weighted by atomic mass is 19.1. The van der Waals surface area contributed by atoms with Gasteiger partial charge in [-0.05, 0) is 64.1 Å². The van der Waals surface area contributed by atoms with Gasteiger partial charge in [-0.2, -0.15) is 0 Å². The molecule has 1 heteroatoms. The number of rotatable bonds is 1. The minimum absolute atomic E-state index is 0.184. The Labute approximate surface area is 111 Å². The zero-order chi connectivity index (χ0) is 12.8. The van der Waals surface area contributed by atoms with Crippen LogP contribution in [0, 0.1) is 5.82 Å². The molecule has 0 unspecified atom stereocenters. The van der Waals surface area contributed by atoms with Crippen molar-refractivity contribution >= 4 is 10.8 Å². The summed E-state index contributed by atoms with van der Waals surface area (Å²) < 4.78 is 13.0. The van der Waals surface area contributed by atoms with Crippen LogP contribution in [0.5, 0.6) is 0 Å². The topological polar surface area (TPSA) is 0 Å². The van der Waals surface area contributed by atoms with E-state index in [1.165, 1.54) is 39.6 Å². The number of hydrogen-bond donors (Lipinski definition) is 0. The lowest BCUT2D eigenvalue weighted by molar-refractivity contribution is 0.628. The molecule has 0 heterocycles. The van der Waals surface area contributed by atoms with Crippen molar-refractivity contribution in [2.75, 3.05) is 0 Å². The Balaban J connectivity index is 1.96. The van der Waals surface area contributed by atoms with Gasteiger partial charge in [-0.15, -0.1) is 0 Å². The van der Waals surface area contributed by atoms with Gasteiger partial charge < -0.3 is 0 Å². The van der Waals surface area contributed by atoms with Gasteiger partial charge >= 0.3 is 0 Å². The van der Waals surface area contributed by atoms with Crippen LogP contribution in [0.4, 0.5) is 4.39 Å². The average molecular weight is 248 g/mol. The van der Waals surface area contributed by atoms with E-state index in [1.807, 2.05) is 12.1 Å². The molecule has 0 radical (unpaired) electrons. The molecule has 19 heavy (non-hydrogen) atoms. The fourth-order valence-electron chi connectivity index (χ4n) is 3.08. The first-order chi connectivity index (χ1) is 9.31. The minimum atomic E-state index is -0.184. The van der Waals surface area contributed by atoms with Crippen LogP contribution in [0.25, 0.3) is 21.9 Å². The van der Waals surface area contributed by atoms with E-state index in [2.05, 4.69) is 30.3 Å². The van der Waals surface area contributed by atoms with Gasteiger partial charge in [0.05, 0.1) is 0 Å². The molecule has 0 saturated heterocycles. The van der Waals surface area contributed by atoms with Gasteiger partial charge in [-0.3, -0.25) is 0 Å². The van der Waals surface area contributed by atoms with E-state index >= 15 is 0 Å². The summed E-state index contributed by atoms with van der Waals surface area (Å²) in [6, 6.07) is 17.7. The van der Waals surface area contributed by atoms with Gasteiger partial charge in [0, 0.05) is 0 Å². The van der Waals surface area contributed by atoms with Gasteiger partial charge in [-0.25, -0.2) is 4.39 Å². The largest absolute Gasteiger partial charge is 0.207 e. The Bertz CT molecular complexity index is 770. The van der Waals surface area contributed by atoms with Crippen LogP contribution in [-0.4, -0.2) is 0 Å². The van der Waals surface area contributed by atoms with Crippen LogP contribution in [0.2, 0.25) is 0 Å². The fraction of sp³-hybridized carbons (Fsp3) is 0.111. The number of hydrogen-bond acceptors (Lipinski definition) is 0.